The predicted molar refractivity (Wildman–Crippen MR) is 98.5 cm³/mol. The Morgan fingerprint density at radius 3 is 2.43 bits per heavy atom. The minimum atomic E-state index is -0.435. The van der Waals surface area contributed by atoms with Crippen LogP contribution in [0.1, 0.15) is 5.56 Å². The first-order valence-electron chi connectivity index (χ1n) is 6.45. The molecule has 0 radical (unpaired) electrons. The van der Waals surface area contributed by atoms with E-state index in [1.807, 2.05) is 0 Å². The first-order chi connectivity index (χ1) is 11.0. The van der Waals surface area contributed by atoms with Crippen LogP contribution in [-0.2, 0) is 4.79 Å². The van der Waals surface area contributed by atoms with Crippen molar-refractivity contribution < 1.29 is 9.18 Å². The summed E-state index contributed by atoms with van der Waals surface area (Å²) in [6.07, 6.45) is 1.60. The van der Waals surface area contributed by atoms with Crippen molar-refractivity contribution in [2.75, 3.05) is 4.90 Å². The summed E-state index contributed by atoms with van der Waals surface area (Å²) in [6, 6.07) is 10.8. The summed E-state index contributed by atoms with van der Waals surface area (Å²) in [7, 11) is 0. The fourth-order valence-electron chi connectivity index (χ4n) is 2.09. The van der Waals surface area contributed by atoms with Crippen molar-refractivity contribution >= 4 is 69.2 Å². The highest BCUT2D eigenvalue weighted by Gasteiger charge is 2.33. The first-order valence-corrected chi connectivity index (χ1v) is 8.43. The molecule has 0 saturated carbocycles. The number of hydrogen-bond donors (Lipinski definition) is 0. The quantitative estimate of drug-likeness (QED) is 0.501. The Morgan fingerprint density at radius 1 is 1.13 bits per heavy atom. The smallest absolute Gasteiger partial charge is 0.268 e. The summed E-state index contributed by atoms with van der Waals surface area (Å²) in [4.78, 5) is 14.3. The van der Waals surface area contributed by atoms with Crippen LogP contribution in [0.5, 0.6) is 0 Å². The van der Waals surface area contributed by atoms with Gasteiger partial charge in [-0.3, -0.25) is 9.69 Å². The van der Waals surface area contributed by atoms with Gasteiger partial charge in [0.25, 0.3) is 5.91 Å². The molecular weight excluding hydrogens is 376 g/mol. The molecule has 0 N–H and O–H groups in total. The number of benzene rings is 2. The summed E-state index contributed by atoms with van der Waals surface area (Å²) in [5.74, 6) is -0.767. The minimum absolute atomic E-state index is 0.329. The van der Waals surface area contributed by atoms with Gasteiger partial charge in [-0.1, -0.05) is 59.3 Å². The van der Waals surface area contributed by atoms with Crippen molar-refractivity contribution in [3.8, 4) is 0 Å². The Bertz CT molecular complexity index is 833. The van der Waals surface area contributed by atoms with E-state index < -0.39 is 5.82 Å². The van der Waals surface area contributed by atoms with Gasteiger partial charge in [0, 0.05) is 15.6 Å². The molecule has 1 amide bonds. The van der Waals surface area contributed by atoms with Crippen LogP contribution in [0.4, 0.5) is 10.1 Å². The van der Waals surface area contributed by atoms with Gasteiger partial charge in [0.05, 0.1) is 10.6 Å². The molecular formula is C16H8Cl2FNOS2. The van der Waals surface area contributed by atoms with Crippen LogP contribution in [0.2, 0.25) is 10.0 Å². The van der Waals surface area contributed by atoms with Gasteiger partial charge in [-0.05, 0) is 36.4 Å². The zero-order valence-corrected chi connectivity index (χ0v) is 14.6. The number of hydrogen-bond acceptors (Lipinski definition) is 3. The van der Waals surface area contributed by atoms with E-state index in [1.54, 1.807) is 30.3 Å². The van der Waals surface area contributed by atoms with Crippen LogP contribution in [0, 0.1) is 5.82 Å². The Balaban J connectivity index is 2.00. The topological polar surface area (TPSA) is 20.3 Å². The molecule has 116 valence electrons. The molecule has 0 atom stereocenters. The number of thioether (sulfide) groups is 1. The van der Waals surface area contributed by atoms with E-state index in [-0.39, 0.29) is 5.91 Å². The van der Waals surface area contributed by atoms with Crippen molar-refractivity contribution in [3.05, 3.63) is 68.8 Å². The SMILES string of the molecule is O=C1/C(=C/c2c(Cl)cccc2Cl)SC(=S)N1c1cccc(F)c1. The van der Waals surface area contributed by atoms with E-state index in [1.165, 1.54) is 23.1 Å². The van der Waals surface area contributed by atoms with Gasteiger partial charge in [-0.25, -0.2) is 4.39 Å². The van der Waals surface area contributed by atoms with Crippen LogP contribution in [0.15, 0.2) is 47.4 Å². The Kier molecular flexibility index (Phi) is 4.73. The number of carbonyl (C=O) groups is 1. The normalized spacial score (nSPS) is 16.5. The first kappa shape index (κ1) is 16.5. The monoisotopic (exact) mass is 383 g/mol. The molecule has 1 aliphatic rings. The van der Waals surface area contributed by atoms with E-state index >= 15 is 0 Å². The Labute approximate surface area is 151 Å². The van der Waals surface area contributed by atoms with Gasteiger partial charge in [-0.15, -0.1) is 0 Å². The van der Waals surface area contributed by atoms with Crippen LogP contribution in [0.3, 0.4) is 0 Å². The highest BCUT2D eigenvalue weighted by Crippen LogP contribution is 2.38. The van der Waals surface area contributed by atoms with E-state index in [0.717, 1.165) is 11.8 Å². The van der Waals surface area contributed by atoms with Gasteiger partial charge in [0.2, 0.25) is 0 Å². The lowest BCUT2D eigenvalue weighted by Gasteiger charge is -2.14. The maximum absolute atomic E-state index is 13.4. The molecule has 1 saturated heterocycles. The number of thiocarbonyl (C=S) groups is 1. The summed E-state index contributed by atoms with van der Waals surface area (Å²) in [5, 5.41) is 0.877. The van der Waals surface area contributed by atoms with E-state index in [9.17, 15) is 9.18 Å². The molecule has 0 bridgehead atoms. The third-order valence-electron chi connectivity index (χ3n) is 3.14. The second kappa shape index (κ2) is 6.61. The van der Waals surface area contributed by atoms with Gasteiger partial charge >= 0.3 is 0 Å². The van der Waals surface area contributed by atoms with Gasteiger partial charge < -0.3 is 0 Å². The van der Waals surface area contributed by atoms with Gasteiger partial charge in [0.1, 0.15) is 5.82 Å². The van der Waals surface area contributed by atoms with Crippen LogP contribution >= 0.6 is 47.2 Å². The molecule has 0 aromatic heterocycles. The number of amides is 1. The van der Waals surface area contributed by atoms with Crippen molar-refractivity contribution in [2.45, 2.75) is 0 Å². The number of nitrogens with zero attached hydrogens (tertiary/aromatic N) is 1. The van der Waals surface area contributed by atoms with Crippen LogP contribution in [0.25, 0.3) is 6.08 Å². The molecule has 2 aromatic rings. The molecule has 1 fully saturated rings. The van der Waals surface area contributed by atoms with Crippen molar-refractivity contribution in [1.82, 2.24) is 0 Å². The lowest BCUT2D eigenvalue weighted by atomic mass is 10.2. The average molecular weight is 384 g/mol. The Morgan fingerprint density at radius 2 is 1.78 bits per heavy atom. The van der Waals surface area contributed by atoms with E-state index in [2.05, 4.69) is 0 Å². The number of carbonyl (C=O) groups excluding carboxylic acids is 1. The molecule has 2 nitrogen and oxygen atoms in total. The van der Waals surface area contributed by atoms with Crippen LogP contribution in [-0.4, -0.2) is 10.2 Å². The number of anilines is 1. The second-order valence-electron chi connectivity index (χ2n) is 4.63. The lowest BCUT2D eigenvalue weighted by Crippen LogP contribution is -2.27. The maximum Gasteiger partial charge on any atom is 0.270 e. The minimum Gasteiger partial charge on any atom is -0.268 e. The summed E-state index contributed by atoms with van der Waals surface area (Å²) in [5.41, 5.74) is 0.941. The van der Waals surface area contributed by atoms with Crippen LogP contribution < -0.4 is 4.90 Å². The largest absolute Gasteiger partial charge is 0.270 e. The fraction of sp³-hybridized carbons (Fsp3) is 0. The average Bonchev–Trinajstić information content (AvgIpc) is 2.77. The molecule has 0 aliphatic carbocycles. The molecule has 1 heterocycles. The lowest BCUT2D eigenvalue weighted by molar-refractivity contribution is -0.113. The second-order valence-corrected chi connectivity index (χ2v) is 7.12. The standard InChI is InChI=1S/C16H8Cl2FNOS2/c17-12-5-2-6-13(18)11(12)8-14-15(21)20(16(22)23-14)10-4-1-3-9(19)7-10/h1-8H/b14-8-. The Hall–Kier alpha value is -1.40. The molecule has 0 spiro atoms. The molecule has 3 rings (SSSR count). The van der Waals surface area contributed by atoms with Gasteiger partial charge in [0.15, 0.2) is 4.32 Å². The fourth-order valence-corrected chi connectivity index (χ4v) is 3.87. The zero-order chi connectivity index (χ0) is 16.6. The van der Waals surface area contributed by atoms with E-state index in [4.69, 9.17) is 35.4 Å². The summed E-state index contributed by atoms with van der Waals surface area (Å²) in [6.45, 7) is 0. The van der Waals surface area contributed by atoms with Crippen molar-refractivity contribution in [3.63, 3.8) is 0 Å². The number of halogens is 3. The summed E-state index contributed by atoms with van der Waals surface area (Å²) >= 11 is 18.6. The van der Waals surface area contributed by atoms with Crippen molar-refractivity contribution in [2.24, 2.45) is 0 Å². The van der Waals surface area contributed by atoms with Crippen molar-refractivity contribution in [1.29, 1.82) is 0 Å². The molecule has 23 heavy (non-hydrogen) atoms. The highest BCUT2D eigenvalue weighted by atomic mass is 35.5. The third kappa shape index (κ3) is 3.28. The highest BCUT2D eigenvalue weighted by molar-refractivity contribution is 8.27. The predicted octanol–water partition coefficient (Wildman–Crippen LogP) is 5.54. The number of rotatable bonds is 2. The molecule has 0 unspecified atom stereocenters. The summed E-state index contributed by atoms with van der Waals surface area (Å²) < 4.78 is 13.7. The maximum atomic E-state index is 13.4. The molecule has 2 aromatic carbocycles. The zero-order valence-electron chi connectivity index (χ0n) is 11.4. The van der Waals surface area contributed by atoms with Gasteiger partial charge in [-0.2, -0.15) is 0 Å². The third-order valence-corrected chi connectivity index (χ3v) is 5.10. The molecule has 7 heteroatoms. The molecule has 1 aliphatic heterocycles. The van der Waals surface area contributed by atoms with E-state index in [0.29, 0.717) is 30.5 Å².